The molecule has 140 valence electrons. The summed E-state index contributed by atoms with van der Waals surface area (Å²) in [6, 6.07) is 0.177. The highest BCUT2D eigenvalue weighted by Gasteiger charge is 2.46. The highest BCUT2D eigenvalue weighted by Crippen LogP contribution is 2.24. The smallest absolute Gasteiger partial charge is 0.476 e. The number of amides is 1. The molecule has 1 fully saturated rings. The second-order valence-corrected chi connectivity index (χ2v) is 7.64. The molecule has 0 aliphatic heterocycles. The Morgan fingerprint density at radius 1 is 1.48 bits per heavy atom. The molecule has 0 aromatic carbocycles. The summed E-state index contributed by atoms with van der Waals surface area (Å²) in [7, 11) is -5.47. The van der Waals surface area contributed by atoms with E-state index in [4.69, 9.17) is 16.3 Å². The number of carbonyl (C=O) groups is 1. The van der Waals surface area contributed by atoms with Gasteiger partial charge in [0.25, 0.3) is 5.91 Å². The minimum absolute atomic E-state index is 0.0663. The summed E-state index contributed by atoms with van der Waals surface area (Å²) < 4.78 is 65.4. The number of carbonyl (C=O) groups excluding carboxylic acids is 1. The molecule has 1 aliphatic carbocycles. The molecule has 7 nitrogen and oxygen atoms in total. The van der Waals surface area contributed by atoms with Crippen molar-refractivity contribution in [2.45, 2.75) is 37.4 Å². The van der Waals surface area contributed by atoms with Crippen molar-refractivity contribution in [3.63, 3.8) is 0 Å². The van der Waals surface area contributed by atoms with E-state index < -0.39 is 34.1 Å². The zero-order valence-corrected chi connectivity index (χ0v) is 14.5. The molecule has 0 unspecified atom stereocenters. The van der Waals surface area contributed by atoms with E-state index in [9.17, 15) is 26.4 Å². The van der Waals surface area contributed by atoms with Crippen LogP contribution in [0.1, 0.15) is 30.1 Å². The average Bonchev–Trinajstić information content (AvgIpc) is 3.28. The molecule has 1 heterocycles. The van der Waals surface area contributed by atoms with E-state index in [-0.39, 0.29) is 22.5 Å². The van der Waals surface area contributed by atoms with Gasteiger partial charge in [0.15, 0.2) is 0 Å². The lowest BCUT2D eigenvalue weighted by Crippen LogP contribution is -2.43. The Kier molecular flexibility index (Phi) is 5.79. The number of ether oxygens (including phenoxy) is 1. The Morgan fingerprint density at radius 2 is 2.12 bits per heavy atom. The number of alkyl halides is 3. The van der Waals surface area contributed by atoms with Gasteiger partial charge in [0.1, 0.15) is 6.61 Å². The molecule has 2 rings (SSSR count). The van der Waals surface area contributed by atoms with Crippen LogP contribution in [0.2, 0.25) is 5.02 Å². The maximum atomic E-state index is 12.3. The van der Waals surface area contributed by atoms with E-state index in [0.717, 1.165) is 12.8 Å². The van der Waals surface area contributed by atoms with Crippen LogP contribution in [-0.2, 0) is 10.0 Å². The van der Waals surface area contributed by atoms with Crippen molar-refractivity contribution in [3.8, 4) is 5.88 Å². The SMILES string of the molecule is C[C@@H](COc1cc(C(=O)NC2CC2)c(Cl)cn1)NS(=O)(=O)C(F)(F)F. The fraction of sp³-hybridized carbons (Fsp3) is 0.538. The van der Waals surface area contributed by atoms with Crippen LogP contribution in [0.15, 0.2) is 12.3 Å². The van der Waals surface area contributed by atoms with Crippen molar-refractivity contribution in [3.05, 3.63) is 22.8 Å². The summed E-state index contributed by atoms with van der Waals surface area (Å²) >= 11 is 5.90. The first kappa shape index (κ1) is 19.7. The van der Waals surface area contributed by atoms with Crippen molar-refractivity contribution in [1.82, 2.24) is 15.0 Å². The first-order chi connectivity index (χ1) is 11.5. The summed E-state index contributed by atoms with van der Waals surface area (Å²) in [6.45, 7) is 0.771. The fourth-order valence-corrected chi connectivity index (χ4v) is 2.66. The maximum absolute atomic E-state index is 12.3. The van der Waals surface area contributed by atoms with E-state index in [2.05, 4.69) is 10.3 Å². The lowest BCUT2D eigenvalue weighted by molar-refractivity contribution is -0.0451. The van der Waals surface area contributed by atoms with E-state index in [0.29, 0.717) is 0 Å². The van der Waals surface area contributed by atoms with E-state index in [1.165, 1.54) is 23.9 Å². The third-order valence-electron chi connectivity index (χ3n) is 3.13. The molecule has 1 saturated carbocycles. The van der Waals surface area contributed by atoms with Crippen LogP contribution < -0.4 is 14.8 Å². The number of aromatic nitrogens is 1. The predicted molar refractivity (Wildman–Crippen MR) is 82.8 cm³/mol. The van der Waals surface area contributed by atoms with Crippen LogP contribution in [0, 0.1) is 0 Å². The van der Waals surface area contributed by atoms with Gasteiger partial charge in [-0.2, -0.15) is 13.2 Å². The Bertz CT molecular complexity index is 753. The molecule has 1 atom stereocenters. The van der Waals surface area contributed by atoms with E-state index in [1.807, 2.05) is 0 Å². The standard InChI is InChI=1S/C13H15ClF3N3O4S/c1-7(20-25(22,23)13(15,16)17)6-24-11-4-9(10(14)5-18-11)12(21)19-8-2-3-8/h4-5,7-8,20H,2-3,6H2,1H3,(H,19,21)/t7-/m0/s1. The van der Waals surface area contributed by atoms with Gasteiger partial charge in [-0.15, -0.1) is 0 Å². The molecule has 0 bridgehead atoms. The minimum Gasteiger partial charge on any atom is -0.476 e. The lowest BCUT2D eigenvalue weighted by atomic mass is 10.2. The van der Waals surface area contributed by atoms with Gasteiger partial charge in [-0.05, 0) is 19.8 Å². The van der Waals surface area contributed by atoms with Gasteiger partial charge in [0.05, 0.1) is 22.8 Å². The number of rotatable bonds is 7. The van der Waals surface area contributed by atoms with Crippen molar-refractivity contribution < 1.29 is 31.1 Å². The Morgan fingerprint density at radius 3 is 2.68 bits per heavy atom. The molecule has 0 radical (unpaired) electrons. The molecule has 0 saturated heterocycles. The number of sulfonamides is 1. The summed E-state index contributed by atoms with van der Waals surface area (Å²) in [5, 5.41) is 2.82. The van der Waals surface area contributed by atoms with Crippen molar-refractivity contribution in [2.75, 3.05) is 6.61 Å². The van der Waals surface area contributed by atoms with Gasteiger partial charge >= 0.3 is 15.5 Å². The first-order valence-electron chi connectivity index (χ1n) is 7.17. The van der Waals surface area contributed by atoms with Gasteiger partial charge in [-0.3, -0.25) is 4.79 Å². The van der Waals surface area contributed by atoms with Gasteiger partial charge in [0.2, 0.25) is 5.88 Å². The molecule has 0 spiro atoms. The molecule has 1 aliphatic rings. The summed E-state index contributed by atoms with van der Waals surface area (Å²) in [4.78, 5) is 15.8. The second kappa shape index (κ2) is 7.34. The van der Waals surface area contributed by atoms with Gasteiger partial charge < -0.3 is 10.1 Å². The zero-order chi connectivity index (χ0) is 18.8. The highest BCUT2D eigenvalue weighted by atomic mass is 35.5. The summed E-state index contributed by atoms with van der Waals surface area (Å²) in [5.41, 5.74) is -5.30. The normalized spacial score (nSPS) is 16.4. The van der Waals surface area contributed by atoms with E-state index >= 15 is 0 Å². The molecular weight excluding hydrogens is 387 g/mol. The van der Waals surface area contributed by atoms with Crippen molar-refractivity contribution >= 4 is 27.5 Å². The lowest BCUT2D eigenvalue weighted by Gasteiger charge is -2.16. The first-order valence-corrected chi connectivity index (χ1v) is 9.03. The molecule has 1 aromatic rings. The van der Waals surface area contributed by atoms with Crippen molar-refractivity contribution in [1.29, 1.82) is 0 Å². The highest BCUT2D eigenvalue weighted by molar-refractivity contribution is 7.90. The van der Waals surface area contributed by atoms with Crippen LogP contribution >= 0.6 is 11.6 Å². The molecule has 12 heteroatoms. The topological polar surface area (TPSA) is 97.4 Å². The van der Waals surface area contributed by atoms with Crippen LogP contribution in [-0.4, -0.2) is 43.5 Å². The Balaban J connectivity index is 1.97. The monoisotopic (exact) mass is 401 g/mol. The third-order valence-corrected chi connectivity index (χ3v) is 4.75. The number of nitrogens with zero attached hydrogens (tertiary/aromatic N) is 1. The molecule has 1 amide bonds. The van der Waals surface area contributed by atoms with Gasteiger partial charge in [0, 0.05) is 12.1 Å². The number of pyridine rings is 1. The predicted octanol–water partition coefficient (Wildman–Crippen LogP) is 1.83. The fourth-order valence-electron chi connectivity index (χ4n) is 1.74. The summed E-state index contributed by atoms with van der Waals surface area (Å²) in [6.07, 6.45) is 2.94. The second-order valence-electron chi connectivity index (χ2n) is 5.53. The van der Waals surface area contributed by atoms with Crippen LogP contribution in [0.3, 0.4) is 0 Å². The maximum Gasteiger partial charge on any atom is 0.511 e. The molecule has 1 aromatic heterocycles. The average molecular weight is 402 g/mol. The summed E-state index contributed by atoms with van der Waals surface area (Å²) in [5.74, 6) is -0.478. The minimum atomic E-state index is -5.47. The van der Waals surface area contributed by atoms with Gasteiger partial charge in [-0.25, -0.2) is 18.1 Å². The number of hydrogen-bond acceptors (Lipinski definition) is 5. The van der Waals surface area contributed by atoms with E-state index in [1.54, 1.807) is 0 Å². The number of nitrogens with one attached hydrogen (secondary N) is 2. The number of hydrogen-bond donors (Lipinski definition) is 2. The van der Waals surface area contributed by atoms with Crippen molar-refractivity contribution in [2.24, 2.45) is 0 Å². The molecule has 2 N–H and O–H groups in total. The quantitative estimate of drug-likeness (QED) is 0.726. The number of halogens is 4. The van der Waals surface area contributed by atoms with Gasteiger partial charge in [-0.1, -0.05) is 11.6 Å². The zero-order valence-electron chi connectivity index (χ0n) is 12.9. The molecule has 25 heavy (non-hydrogen) atoms. The molecular formula is C13H15ClF3N3O4S. The van der Waals surface area contributed by atoms with Crippen LogP contribution in [0.25, 0.3) is 0 Å². The van der Waals surface area contributed by atoms with Crippen LogP contribution in [0.4, 0.5) is 13.2 Å². The Labute approximate surface area is 147 Å². The largest absolute Gasteiger partial charge is 0.511 e. The third kappa shape index (κ3) is 5.44. The van der Waals surface area contributed by atoms with Crippen LogP contribution in [0.5, 0.6) is 5.88 Å². The Hall–Kier alpha value is -1.59.